The van der Waals surface area contributed by atoms with Crippen molar-refractivity contribution in [1.82, 2.24) is 0 Å². The number of esters is 1. The van der Waals surface area contributed by atoms with Crippen LogP contribution in [0.15, 0.2) is 65.6 Å². The minimum Gasteiger partial charge on any atom is -0.461 e. The first-order chi connectivity index (χ1) is 15.1. The third-order valence-corrected chi connectivity index (χ3v) is 10.3. The number of ether oxygens (including phenoxy) is 1. The van der Waals surface area contributed by atoms with Gasteiger partial charge in [0.25, 0.3) is 0 Å². The fraction of sp³-hybridized carbons (Fsp3) is 0.519. The molecule has 32 heavy (non-hydrogen) atoms. The fourth-order valence-electron chi connectivity index (χ4n) is 6.24. The summed E-state index contributed by atoms with van der Waals surface area (Å²) in [5.74, 6) is -0.139. The van der Waals surface area contributed by atoms with Crippen LogP contribution in [0.5, 0.6) is 0 Å². The summed E-state index contributed by atoms with van der Waals surface area (Å²) in [5.41, 5.74) is 0.798. The van der Waals surface area contributed by atoms with Gasteiger partial charge in [-0.1, -0.05) is 76.2 Å². The molecule has 0 N–H and O–H groups in total. The third-order valence-electron chi connectivity index (χ3n) is 8.52. The van der Waals surface area contributed by atoms with Crippen molar-refractivity contribution in [2.75, 3.05) is 5.75 Å². The summed E-state index contributed by atoms with van der Waals surface area (Å²) in [6.45, 7) is 8.64. The average molecular weight is 455 g/mol. The van der Waals surface area contributed by atoms with E-state index >= 15 is 0 Å². The molecule has 2 aliphatic rings. The second kappa shape index (κ2) is 8.33. The van der Waals surface area contributed by atoms with Crippen LogP contribution >= 0.6 is 0 Å². The Hall–Kier alpha value is -2.14. The summed E-state index contributed by atoms with van der Waals surface area (Å²) in [6.07, 6.45) is 1.84. The highest BCUT2D eigenvalue weighted by atomic mass is 32.2. The van der Waals surface area contributed by atoms with Crippen LogP contribution in [-0.4, -0.2) is 26.2 Å². The summed E-state index contributed by atoms with van der Waals surface area (Å²) >= 11 is 0. The largest absolute Gasteiger partial charge is 0.461 e. The Labute approximate surface area is 192 Å². The molecule has 0 aliphatic heterocycles. The Balaban J connectivity index is 1.56. The number of hydrogen-bond acceptors (Lipinski definition) is 4. The Kier molecular flexibility index (Phi) is 6.00. The average Bonchev–Trinajstić information content (AvgIpc) is 3.08. The molecule has 0 heterocycles. The normalized spacial score (nSPS) is 29.6. The molecule has 2 saturated carbocycles. The van der Waals surface area contributed by atoms with E-state index in [1.54, 1.807) is 24.3 Å². The smallest absolute Gasteiger partial charge is 0.306 e. The molecule has 4 nitrogen and oxygen atoms in total. The third kappa shape index (κ3) is 3.89. The van der Waals surface area contributed by atoms with Crippen LogP contribution in [0, 0.1) is 22.7 Å². The van der Waals surface area contributed by atoms with Crippen molar-refractivity contribution in [3.8, 4) is 0 Å². The maximum Gasteiger partial charge on any atom is 0.306 e. The predicted molar refractivity (Wildman–Crippen MR) is 126 cm³/mol. The van der Waals surface area contributed by atoms with Crippen molar-refractivity contribution < 1.29 is 17.9 Å². The molecule has 2 aromatic rings. The minimum absolute atomic E-state index is 0.0207. The number of hydrogen-bond donors (Lipinski definition) is 0. The number of benzene rings is 2. The van der Waals surface area contributed by atoms with E-state index in [0.29, 0.717) is 11.3 Å². The number of carbonyl (C=O) groups excluding carboxylic acids is 1. The lowest BCUT2D eigenvalue weighted by Crippen LogP contribution is -2.43. The molecule has 4 rings (SSSR count). The lowest BCUT2D eigenvalue weighted by atomic mass is 9.70. The van der Waals surface area contributed by atoms with Gasteiger partial charge < -0.3 is 4.74 Å². The van der Waals surface area contributed by atoms with Crippen LogP contribution in [0.3, 0.4) is 0 Å². The number of carbonyl (C=O) groups is 1. The molecule has 2 bridgehead atoms. The van der Waals surface area contributed by atoms with Crippen LogP contribution < -0.4 is 0 Å². The van der Waals surface area contributed by atoms with Crippen molar-refractivity contribution >= 4 is 15.8 Å². The molecular weight excluding hydrogens is 420 g/mol. The SMILES string of the molecule is C[C@H](CC(=O)O[C@@H]1[C@@H](CS(=O)(=O)c2ccccc2)[C@H]2CC[C@]1(C)C2(C)C)c1ccccc1. The summed E-state index contributed by atoms with van der Waals surface area (Å²) in [6, 6.07) is 18.6. The van der Waals surface area contributed by atoms with Crippen molar-refractivity contribution in [3.63, 3.8) is 0 Å². The van der Waals surface area contributed by atoms with Crippen molar-refractivity contribution in [3.05, 3.63) is 66.2 Å². The van der Waals surface area contributed by atoms with E-state index in [1.807, 2.05) is 43.3 Å². The molecule has 0 amide bonds. The van der Waals surface area contributed by atoms with Gasteiger partial charge in [-0.2, -0.15) is 0 Å². The molecule has 0 unspecified atom stereocenters. The van der Waals surface area contributed by atoms with E-state index in [-0.39, 0.29) is 46.4 Å². The molecule has 2 fully saturated rings. The highest BCUT2D eigenvalue weighted by Crippen LogP contribution is 2.68. The second-order valence-corrected chi connectivity index (χ2v) is 12.5. The van der Waals surface area contributed by atoms with Gasteiger partial charge in [0.05, 0.1) is 17.1 Å². The zero-order valence-electron chi connectivity index (χ0n) is 19.5. The topological polar surface area (TPSA) is 60.4 Å². The van der Waals surface area contributed by atoms with Crippen LogP contribution in [0.25, 0.3) is 0 Å². The highest BCUT2D eigenvalue weighted by molar-refractivity contribution is 7.91. The lowest BCUT2D eigenvalue weighted by molar-refractivity contribution is -0.160. The number of fused-ring (bicyclic) bond motifs is 2. The van der Waals surface area contributed by atoms with Gasteiger partial charge in [-0.05, 0) is 47.8 Å². The quantitative estimate of drug-likeness (QED) is 0.508. The lowest BCUT2D eigenvalue weighted by Gasteiger charge is -2.39. The molecule has 0 spiro atoms. The van der Waals surface area contributed by atoms with E-state index < -0.39 is 9.84 Å². The predicted octanol–water partition coefficient (Wildman–Crippen LogP) is 5.64. The van der Waals surface area contributed by atoms with Gasteiger partial charge in [-0.25, -0.2) is 8.42 Å². The van der Waals surface area contributed by atoms with Gasteiger partial charge in [0.1, 0.15) is 6.10 Å². The second-order valence-electron chi connectivity index (χ2n) is 10.5. The van der Waals surface area contributed by atoms with Crippen molar-refractivity contribution in [2.24, 2.45) is 22.7 Å². The molecule has 0 aromatic heterocycles. The Morgan fingerprint density at radius 2 is 1.62 bits per heavy atom. The zero-order chi connectivity index (χ0) is 23.1. The molecule has 5 atom stereocenters. The van der Waals surface area contributed by atoms with Gasteiger partial charge >= 0.3 is 5.97 Å². The van der Waals surface area contributed by atoms with E-state index in [4.69, 9.17) is 4.74 Å². The van der Waals surface area contributed by atoms with Gasteiger partial charge in [-0.3, -0.25) is 4.79 Å². The molecule has 172 valence electrons. The van der Waals surface area contributed by atoms with Crippen LogP contribution in [0.1, 0.15) is 58.4 Å². The van der Waals surface area contributed by atoms with Crippen molar-refractivity contribution in [2.45, 2.75) is 63.9 Å². The first kappa shape index (κ1) is 23.0. The highest BCUT2D eigenvalue weighted by Gasteiger charge is 2.68. The van der Waals surface area contributed by atoms with Gasteiger partial charge in [0, 0.05) is 11.3 Å². The number of rotatable bonds is 7. The summed E-state index contributed by atoms with van der Waals surface area (Å²) < 4.78 is 32.6. The molecule has 0 radical (unpaired) electrons. The number of sulfone groups is 1. The molecular formula is C27H34O4S. The fourth-order valence-corrected chi connectivity index (χ4v) is 7.92. The maximum absolute atomic E-state index is 13.2. The maximum atomic E-state index is 13.2. The first-order valence-corrected chi connectivity index (χ1v) is 13.2. The standard InChI is InChI=1S/C27H34O4S/c1-19(20-11-7-5-8-12-20)17-24(28)31-25-22(23-15-16-27(25,4)26(23,2)3)18-32(29,30)21-13-9-6-10-14-21/h5-14,19,22-23,25H,15-18H2,1-4H3/t19-,22+,23-,25-,27+/m1/s1. The van der Waals surface area contributed by atoms with Gasteiger partial charge in [0.2, 0.25) is 0 Å². The molecule has 0 saturated heterocycles. The Morgan fingerprint density at radius 1 is 1.03 bits per heavy atom. The van der Waals surface area contributed by atoms with E-state index in [9.17, 15) is 13.2 Å². The van der Waals surface area contributed by atoms with Crippen LogP contribution in [-0.2, 0) is 19.4 Å². The van der Waals surface area contributed by atoms with Gasteiger partial charge in [-0.15, -0.1) is 0 Å². The molecule has 5 heteroatoms. The Bertz CT molecular complexity index is 1060. The van der Waals surface area contributed by atoms with Crippen LogP contribution in [0.2, 0.25) is 0 Å². The van der Waals surface area contributed by atoms with Crippen LogP contribution in [0.4, 0.5) is 0 Å². The minimum atomic E-state index is -3.47. The van der Waals surface area contributed by atoms with E-state index in [2.05, 4.69) is 20.8 Å². The zero-order valence-corrected chi connectivity index (χ0v) is 20.3. The molecule has 2 aromatic carbocycles. The summed E-state index contributed by atoms with van der Waals surface area (Å²) in [4.78, 5) is 13.4. The summed E-state index contributed by atoms with van der Waals surface area (Å²) in [5, 5.41) is 0. The Morgan fingerprint density at radius 3 is 2.25 bits per heavy atom. The van der Waals surface area contributed by atoms with E-state index in [1.165, 1.54) is 0 Å². The first-order valence-electron chi connectivity index (χ1n) is 11.6. The molecule has 2 aliphatic carbocycles. The van der Waals surface area contributed by atoms with Crippen molar-refractivity contribution in [1.29, 1.82) is 0 Å². The monoisotopic (exact) mass is 454 g/mol. The van der Waals surface area contributed by atoms with Gasteiger partial charge in [0.15, 0.2) is 9.84 Å². The van der Waals surface area contributed by atoms with E-state index in [0.717, 1.165) is 18.4 Å². The summed E-state index contributed by atoms with van der Waals surface area (Å²) in [7, 11) is -3.47.